The smallest absolute Gasteiger partial charge is 0.327 e. The van der Waals surface area contributed by atoms with E-state index in [-0.39, 0.29) is 11.1 Å². The fraction of sp³-hybridized carbons (Fsp3) is 0.167. The van der Waals surface area contributed by atoms with Crippen molar-refractivity contribution in [1.82, 2.24) is 4.90 Å². The van der Waals surface area contributed by atoms with Crippen LogP contribution in [0.2, 0.25) is 0 Å². The maximum Gasteiger partial charge on any atom is 0.327 e. The minimum Gasteiger partial charge on any atom is -0.480 e. The quantitative estimate of drug-likeness (QED) is 0.716. The molecule has 0 aromatic heterocycles. The number of imide groups is 1. The molecule has 19 heavy (non-hydrogen) atoms. The summed E-state index contributed by atoms with van der Waals surface area (Å²) in [7, 11) is 0. The lowest BCUT2D eigenvalue weighted by atomic mass is 10.1. The summed E-state index contributed by atoms with van der Waals surface area (Å²) in [6.07, 6.45) is -0.610. The van der Waals surface area contributed by atoms with Crippen molar-refractivity contribution >= 4 is 23.7 Å². The Morgan fingerprint density at radius 2 is 1.63 bits per heavy atom. The van der Waals surface area contributed by atoms with Gasteiger partial charge in [0.1, 0.15) is 6.04 Å². The summed E-state index contributed by atoms with van der Waals surface area (Å²) in [5, 5.41) is 9.04. The first-order valence-corrected chi connectivity index (χ1v) is 5.41. The van der Waals surface area contributed by atoms with Crippen LogP contribution in [-0.4, -0.2) is 39.7 Å². The van der Waals surface area contributed by atoms with Crippen molar-refractivity contribution in [2.45, 2.75) is 12.5 Å². The molecule has 7 nitrogen and oxygen atoms in total. The number of carboxylic acids is 1. The van der Waals surface area contributed by atoms with E-state index in [9.17, 15) is 19.2 Å². The lowest BCUT2D eigenvalue weighted by Crippen LogP contribution is -2.46. The molecule has 0 saturated heterocycles. The third-order valence-electron chi connectivity index (χ3n) is 2.82. The average Bonchev–Trinajstić information content (AvgIpc) is 2.60. The third-order valence-corrected chi connectivity index (χ3v) is 2.82. The number of amides is 3. The predicted molar refractivity (Wildman–Crippen MR) is 62.2 cm³/mol. The van der Waals surface area contributed by atoms with Crippen molar-refractivity contribution in [2.75, 3.05) is 0 Å². The van der Waals surface area contributed by atoms with Crippen LogP contribution in [0.3, 0.4) is 0 Å². The van der Waals surface area contributed by atoms with Gasteiger partial charge in [0.2, 0.25) is 5.91 Å². The van der Waals surface area contributed by atoms with Gasteiger partial charge in [0.25, 0.3) is 11.8 Å². The molecule has 98 valence electrons. The lowest BCUT2D eigenvalue weighted by molar-refractivity contribution is -0.143. The number of nitrogens with zero attached hydrogens (tertiary/aromatic N) is 1. The van der Waals surface area contributed by atoms with Gasteiger partial charge in [-0.15, -0.1) is 0 Å². The molecule has 1 heterocycles. The minimum absolute atomic E-state index is 0.128. The standard InChI is InChI=1S/C12H10N2O5/c13-9(15)5-8(12(18)19)14-10(16)6-3-1-2-4-7(6)11(14)17/h1-4,8H,5H2,(H2,13,15)(H,18,19). The number of nitrogens with two attached hydrogens (primary N) is 1. The highest BCUT2D eigenvalue weighted by Gasteiger charge is 2.43. The molecule has 1 atom stereocenters. The number of benzene rings is 1. The average molecular weight is 262 g/mol. The number of carbonyl (C=O) groups excluding carboxylic acids is 3. The summed E-state index contributed by atoms with van der Waals surface area (Å²) in [5.41, 5.74) is 5.20. The molecule has 0 fully saturated rings. The van der Waals surface area contributed by atoms with Crippen LogP contribution >= 0.6 is 0 Å². The third kappa shape index (κ3) is 2.05. The van der Waals surface area contributed by atoms with Gasteiger partial charge in [0, 0.05) is 0 Å². The number of primary amides is 1. The molecule has 1 aromatic rings. The van der Waals surface area contributed by atoms with Gasteiger partial charge >= 0.3 is 5.97 Å². The number of hydrogen-bond acceptors (Lipinski definition) is 4. The summed E-state index contributed by atoms with van der Waals surface area (Å²) in [5.74, 6) is -3.80. The SMILES string of the molecule is NC(=O)CC(C(=O)O)N1C(=O)c2ccccc2C1=O. The second kappa shape index (κ2) is 4.52. The summed E-state index contributed by atoms with van der Waals surface area (Å²) < 4.78 is 0. The Bertz CT molecular complexity index is 561. The molecule has 2 rings (SSSR count). The molecule has 3 N–H and O–H groups in total. The lowest BCUT2D eigenvalue weighted by Gasteiger charge is -2.21. The maximum atomic E-state index is 12.0. The summed E-state index contributed by atoms with van der Waals surface area (Å²) in [6.45, 7) is 0. The highest BCUT2D eigenvalue weighted by molar-refractivity contribution is 6.22. The largest absolute Gasteiger partial charge is 0.480 e. The van der Waals surface area contributed by atoms with Gasteiger partial charge in [-0.25, -0.2) is 4.79 Å². The second-order valence-corrected chi connectivity index (χ2v) is 4.05. The van der Waals surface area contributed by atoms with Crippen LogP contribution in [0.15, 0.2) is 24.3 Å². The molecule has 0 radical (unpaired) electrons. The van der Waals surface area contributed by atoms with E-state index in [1.807, 2.05) is 0 Å². The topological polar surface area (TPSA) is 118 Å². The molecule has 7 heteroatoms. The summed E-state index contributed by atoms with van der Waals surface area (Å²) in [6, 6.07) is 4.41. The van der Waals surface area contributed by atoms with Crippen LogP contribution < -0.4 is 5.73 Å². The zero-order valence-electron chi connectivity index (χ0n) is 9.70. The van der Waals surface area contributed by atoms with E-state index in [1.54, 1.807) is 12.1 Å². The van der Waals surface area contributed by atoms with Crippen molar-refractivity contribution in [1.29, 1.82) is 0 Å². The molecule has 1 aromatic carbocycles. The Hall–Kier alpha value is -2.70. The Kier molecular flexibility index (Phi) is 3.04. The van der Waals surface area contributed by atoms with Crippen molar-refractivity contribution in [3.05, 3.63) is 35.4 Å². The minimum atomic E-state index is -1.58. The van der Waals surface area contributed by atoms with Crippen LogP contribution in [0.1, 0.15) is 27.1 Å². The Balaban J connectivity index is 2.42. The van der Waals surface area contributed by atoms with E-state index in [2.05, 4.69) is 0 Å². The highest BCUT2D eigenvalue weighted by Crippen LogP contribution is 2.25. The normalized spacial score (nSPS) is 15.3. The first-order chi connectivity index (χ1) is 8.93. The van der Waals surface area contributed by atoms with Gasteiger partial charge in [0.05, 0.1) is 17.5 Å². The van der Waals surface area contributed by atoms with E-state index in [0.29, 0.717) is 4.90 Å². The zero-order valence-corrected chi connectivity index (χ0v) is 9.70. The van der Waals surface area contributed by atoms with Crippen LogP contribution in [0.4, 0.5) is 0 Å². The van der Waals surface area contributed by atoms with E-state index in [4.69, 9.17) is 10.8 Å². The molecule has 1 aliphatic rings. The molecule has 0 spiro atoms. The molecule has 3 amide bonds. The zero-order chi connectivity index (χ0) is 14.2. The van der Waals surface area contributed by atoms with Crippen molar-refractivity contribution in [3.8, 4) is 0 Å². The fourth-order valence-electron chi connectivity index (χ4n) is 1.97. The van der Waals surface area contributed by atoms with Crippen molar-refractivity contribution in [3.63, 3.8) is 0 Å². The van der Waals surface area contributed by atoms with Gasteiger partial charge in [0.15, 0.2) is 0 Å². The second-order valence-electron chi connectivity index (χ2n) is 4.05. The van der Waals surface area contributed by atoms with E-state index in [0.717, 1.165) is 0 Å². The van der Waals surface area contributed by atoms with E-state index >= 15 is 0 Å². The Morgan fingerprint density at radius 3 is 2.00 bits per heavy atom. The van der Waals surface area contributed by atoms with E-state index < -0.39 is 36.2 Å². The van der Waals surface area contributed by atoms with Crippen LogP contribution in [0, 0.1) is 0 Å². The van der Waals surface area contributed by atoms with Crippen LogP contribution in [0.25, 0.3) is 0 Å². The molecule has 1 aliphatic heterocycles. The van der Waals surface area contributed by atoms with Gasteiger partial charge in [-0.3, -0.25) is 19.3 Å². The highest BCUT2D eigenvalue weighted by atomic mass is 16.4. The van der Waals surface area contributed by atoms with Crippen LogP contribution in [0.5, 0.6) is 0 Å². The Morgan fingerprint density at radius 1 is 1.16 bits per heavy atom. The molecule has 1 unspecified atom stereocenters. The van der Waals surface area contributed by atoms with Crippen LogP contribution in [-0.2, 0) is 9.59 Å². The van der Waals surface area contributed by atoms with Crippen molar-refractivity contribution < 1.29 is 24.3 Å². The van der Waals surface area contributed by atoms with Gasteiger partial charge < -0.3 is 10.8 Å². The number of aliphatic carboxylic acids is 1. The molecule has 0 bridgehead atoms. The van der Waals surface area contributed by atoms with Gasteiger partial charge in [-0.05, 0) is 12.1 Å². The number of fused-ring (bicyclic) bond motifs is 1. The fourth-order valence-corrected chi connectivity index (χ4v) is 1.97. The molecular weight excluding hydrogens is 252 g/mol. The number of carbonyl (C=O) groups is 4. The van der Waals surface area contributed by atoms with Crippen molar-refractivity contribution in [2.24, 2.45) is 5.73 Å². The molecule has 0 saturated carbocycles. The Labute approximate surface area is 107 Å². The number of rotatable bonds is 4. The van der Waals surface area contributed by atoms with Gasteiger partial charge in [-0.2, -0.15) is 0 Å². The predicted octanol–water partition coefficient (Wildman–Crippen LogP) is -0.389. The first kappa shape index (κ1) is 12.7. The monoisotopic (exact) mass is 262 g/mol. The maximum absolute atomic E-state index is 12.0. The first-order valence-electron chi connectivity index (χ1n) is 5.41. The number of hydrogen-bond donors (Lipinski definition) is 2. The molecular formula is C12H10N2O5. The summed E-state index contributed by atoms with van der Waals surface area (Å²) >= 11 is 0. The van der Waals surface area contributed by atoms with E-state index in [1.165, 1.54) is 12.1 Å². The summed E-state index contributed by atoms with van der Waals surface area (Å²) in [4.78, 5) is 46.6. The molecule has 0 aliphatic carbocycles. The number of carboxylic acid groups (broad SMARTS) is 1. The van der Waals surface area contributed by atoms with Gasteiger partial charge in [-0.1, -0.05) is 12.1 Å².